The van der Waals surface area contributed by atoms with Crippen molar-refractivity contribution in [1.82, 2.24) is 0 Å². The smallest absolute Gasteiger partial charge is 0.319 e. The molecule has 9 heavy (non-hydrogen) atoms. The fourth-order valence-corrected chi connectivity index (χ4v) is 0.283. The maximum absolute atomic E-state index is 10.3. The Hall–Kier alpha value is -0.610. The molecule has 0 aromatic rings. The first-order valence-electron chi connectivity index (χ1n) is 2.78. The molecule has 0 rings (SSSR count). The van der Waals surface area contributed by atoms with E-state index in [9.17, 15) is 4.79 Å². The van der Waals surface area contributed by atoms with Gasteiger partial charge in [-0.05, 0) is 6.92 Å². The van der Waals surface area contributed by atoms with Crippen LogP contribution in [0.2, 0.25) is 0 Å². The molecule has 0 aliphatic rings. The molecule has 0 spiro atoms. The Kier molecular flexibility index (Phi) is 4.00. The molecule has 0 aliphatic carbocycles. The van der Waals surface area contributed by atoms with Gasteiger partial charge in [0.2, 0.25) is 0 Å². The summed E-state index contributed by atoms with van der Waals surface area (Å²) in [6, 6.07) is -0.111. The molecule has 0 aromatic heterocycles. The minimum absolute atomic E-state index is 0.0767. The molecule has 4 N–H and O–H groups in total. The molecule has 0 bridgehead atoms. The predicted molar refractivity (Wildman–Crippen MR) is 33.7 cm³/mol. The summed E-state index contributed by atoms with van der Waals surface area (Å²) in [7, 11) is 0. The van der Waals surface area contributed by atoms with Crippen LogP contribution in [-0.2, 0) is 9.53 Å². The van der Waals surface area contributed by atoms with Gasteiger partial charge in [-0.2, -0.15) is 0 Å². The Bertz CT molecular complexity index is 93.0. The normalized spacial score (nSPS) is 12.8. The number of carbonyl (C=O) groups excluding carboxylic acids is 1. The van der Waals surface area contributed by atoms with Crippen LogP contribution in [0.1, 0.15) is 6.92 Å². The Labute approximate surface area is 54.2 Å². The maximum atomic E-state index is 10.3. The van der Waals surface area contributed by atoms with Crippen LogP contribution in [-0.4, -0.2) is 25.2 Å². The Morgan fingerprint density at radius 3 is 2.67 bits per heavy atom. The summed E-state index contributed by atoms with van der Waals surface area (Å²) >= 11 is 0. The van der Waals surface area contributed by atoms with E-state index in [2.05, 4.69) is 4.74 Å². The highest BCUT2D eigenvalue weighted by molar-refractivity contribution is 5.71. The van der Waals surface area contributed by atoms with Gasteiger partial charge in [0.1, 0.15) is 6.61 Å². The second-order valence-electron chi connectivity index (χ2n) is 1.86. The van der Waals surface area contributed by atoms with Crippen molar-refractivity contribution >= 4 is 5.97 Å². The molecular formula is C5H12N2O2. The predicted octanol–water partition coefficient (Wildman–Crippen LogP) is -1.16. The van der Waals surface area contributed by atoms with Gasteiger partial charge >= 0.3 is 5.97 Å². The molecule has 0 saturated carbocycles. The van der Waals surface area contributed by atoms with Gasteiger partial charge in [-0.25, -0.2) is 0 Å². The van der Waals surface area contributed by atoms with Gasteiger partial charge in [-0.1, -0.05) is 0 Å². The third-order valence-corrected chi connectivity index (χ3v) is 0.674. The van der Waals surface area contributed by atoms with Gasteiger partial charge in [0, 0.05) is 6.04 Å². The first-order chi connectivity index (χ1) is 4.16. The first-order valence-corrected chi connectivity index (χ1v) is 2.78. The van der Waals surface area contributed by atoms with Crippen molar-refractivity contribution in [2.75, 3.05) is 13.2 Å². The molecule has 0 amide bonds. The van der Waals surface area contributed by atoms with Crippen molar-refractivity contribution in [3.8, 4) is 0 Å². The van der Waals surface area contributed by atoms with Crippen molar-refractivity contribution < 1.29 is 9.53 Å². The number of nitrogens with two attached hydrogens (primary N) is 2. The number of esters is 1. The zero-order valence-corrected chi connectivity index (χ0v) is 5.46. The third kappa shape index (κ3) is 5.26. The van der Waals surface area contributed by atoms with E-state index in [1.165, 1.54) is 0 Å². The van der Waals surface area contributed by atoms with Crippen LogP contribution in [0, 0.1) is 0 Å². The van der Waals surface area contributed by atoms with Crippen LogP contribution in [0.15, 0.2) is 0 Å². The number of hydrogen-bond acceptors (Lipinski definition) is 4. The SMILES string of the molecule is CC(N)COC(=O)CN. The summed E-state index contributed by atoms with van der Waals surface area (Å²) in [6.07, 6.45) is 0. The minimum Gasteiger partial charge on any atom is -0.463 e. The fourth-order valence-electron chi connectivity index (χ4n) is 0.283. The Morgan fingerprint density at radius 1 is 1.78 bits per heavy atom. The van der Waals surface area contributed by atoms with Crippen LogP contribution in [0.4, 0.5) is 0 Å². The van der Waals surface area contributed by atoms with Gasteiger partial charge < -0.3 is 16.2 Å². The van der Waals surface area contributed by atoms with Gasteiger partial charge in [-0.3, -0.25) is 4.79 Å². The lowest BCUT2D eigenvalue weighted by Gasteiger charge is -2.04. The molecule has 0 saturated heterocycles. The Balaban J connectivity index is 3.17. The van der Waals surface area contributed by atoms with Gasteiger partial charge in [0.05, 0.1) is 6.54 Å². The van der Waals surface area contributed by atoms with Gasteiger partial charge in [-0.15, -0.1) is 0 Å². The summed E-state index contributed by atoms with van der Waals surface area (Å²) < 4.78 is 4.56. The second kappa shape index (κ2) is 4.29. The van der Waals surface area contributed by atoms with Crippen LogP contribution in [0.5, 0.6) is 0 Å². The topological polar surface area (TPSA) is 78.3 Å². The number of rotatable bonds is 3. The summed E-state index contributed by atoms with van der Waals surface area (Å²) in [5, 5.41) is 0. The van der Waals surface area contributed by atoms with Crippen LogP contribution < -0.4 is 11.5 Å². The first kappa shape index (κ1) is 8.39. The maximum Gasteiger partial charge on any atom is 0.319 e. The molecule has 0 radical (unpaired) electrons. The summed E-state index contributed by atoms with van der Waals surface area (Å²) in [6.45, 7) is 1.92. The second-order valence-corrected chi connectivity index (χ2v) is 1.86. The van der Waals surface area contributed by atoms with E-state index in [0.717, 1.165) is 0 Å². The van der Waals surface area contributed by atoms with Crippen molar-refractivity contribution in [2.24, 2.45) is 11.5 Å². The quantitative estimate of drug-likeness (QED) is 0.474. The standard InChI is InChI=1S/C5H12N2O2/c1-4(7)3-9-5(8)2-6/h4H,2-3,6-7H2,1H3. The van der Waals surface area contributed by atoms with E-state index in [4.69, 9.17) is 11.5 Å². The molecule has 4 nitrogen and oxygen atoms in total. The molecule has 4 heteroatoms. The molecule has 54 valence electrons. The molecular weight excluding hydrogens is 120 g/mol. The van der Waals surface area contributed by atoms with Crippen LogP contribution in [0.25, 0.3) is 0 Å². The highest BCUT2D eigenvalue weighted by Gasteiger charge is 1.99. The van der Waals surface area contributed by atoms with E-state index in [1.807, 2.05) is 0 Å². The highest BCUT2D eigenvalue weighted by Crippen LogP contribution is 1.78. The fraction of sp³-hybridized carbons (Fsp3) is 0.800. The van der Waals surface area contributed by atoms with Crippen LogP contribution in [0.3, 0.4) is 0 Å². The third-order valence-electron chi connectivity index (χ3n) is 0.674. The zero-order valence-electron chi connectivity index (χ0n) is 5.46. The lowest BCUT2D eigenvalue weighted by atomic mass is 10.4. The molecule has 0 fully saturated rings. The van der Waals surface area contributed by atoms with Crippen LogP contribution >= 0.6 is 0 Å². The zero-order chi connectivity index (χ0) is 7.28. The van der Waals surface area contributed by atoms with Crippen molar-refractivity contribution in [3.05, 3.63) is 0 Å². The minimum atomic E-state index is -0.410. The van der Waals surface area contributed by atoms with E-state index < -0.39 is 5.97 Å². The van der Waals surface area contributed by atoms with E-state index in [1.54, 1.807) is 6.92 Å². The van der Waals surface area contributed by atoms with Gasteiger partial charge in [0.15, 0.2) is 0 Å². The lowest BCUT2D eigenvalue weighted by molar-refractivity contribution is -0.142. The number of carbonyl (C=O) groups is 1. The lowest BCUT2D eigenvalue weighted by Crippen LogP contribution is -2.26. The average molecular weight is 132 g/mol. The molecule has 1 atom stereocenters. The van der Waals surface area contributed by atoms with E-state index in [0.29, 0.717) is 0 Å². The molecule has 0 heterocycles. The van der Waals surface area contributed by atoms with Gasteiger partial charge in [0.25, 0.3) is 0 Å². The van der Waals surface area contributed by atoms with E-state index in [-0.39, 0.29) is 19.2 Å². The average Bonchev–Trinajstić information content (AvgIpc) is 1.83. The molecule has 0 aliphatic heterocycles. The Morgan fingerprint density at radius 2 is 2.33 bits per heavy atom. The summed E-state index contributed by atoms with van der Waals surface area (Å²) in [5.74, 6) is -0.410. The summed E-state index contributed by atoms with van der Waals surface area (Å²) in [5.41, 5.74) is 10.2. The summed E-state index contributed by atoms with van der Waals surface area (Å²) in [4.78, 5) is 10.3. The number of hydrogen-bond donors (Lipinski definition) is 2. The van der Waals surface area contributed by atoms with E-state index >= 15 is 0 Å². The molecule has 0 aromatic carbocycles. The van der Waals surface area contributed by atoms with Crippen molar-refractivity contribution in [3.63, 3.8) is 0 Å². The number of ether oxygens (including phenoxy) is 1. The monoisotopic (exact) mass is 132 g/mol. The van der Waals surface area contributed by atoms with Crippen molar-refractivity contribution in [1.29, 1.82) is 0 Å². The van der Waals surface area contributed by atoms with Crippen molar-refractivity contribution in [2.45, 2.75) is 13.0 Å². The highest BCUT2D eigenvalue weighted by atomic mass is 16.5. The largest absolute Gasteiger partial charge is 0.463 e. The molecule has 1 unspecified atom stereocenters.